The van der Waals surface area contributed by atoms with E-state index in [2.05, 4.69) is 4.98 Å². The Hall–Kier alpha value is -1.94. The molecule has 1 aromatic carbocycles. The van der Waals surface area contributed by atoms with Crippen LogP contribution in [0.25, 0.3) is 0 Å². The molecule has 0 bridgehead atoms. The zero-order valence-corrected chi connectivity index (χ0v) is 11.1. The maximum atomic E-state index is 13.4. The quantitative estimate of drug-likeness (QED) is 0.808. The van der Waals surface area contributed by atoms with Crippen LogP contribution in [0.5, 0.6) is 0 Å². The molecule has 3 nitrogen and oxygen atoms in total. The molecule has 2 rings (SSSR count). The lowest BCUT2D eigenvalue weighted by Crippen LogP contribution is -2.27. The molecule has 0 N–H and O–H groups in total. The number of aromatic nitrogens is 1. The van der Waals surface area contributed by atoms with Crippen LogP contribution in [0.4, 0.5) is 4.39 Å². The molecule has 0 saturated heterocycles. The number of carbonyl (C=O) groups excluding carboxylic acids is 1. The van der Waals surface area contributed by atoms with Crippen molar-refractivity contribution in [3.8, 4) is 0 Å². The number of rotatable bonds is 3. The highest BCUT2D eigenvalue weighted by Crippen LogP contribution is 2.17. The number of hydrogen-bond acceptors (Lipinski definition) is 2. The fourth-order valence-electron chi connectivity index (χ4n) is 1.71. The molecule has 98 valence electrons. The van der Waals surface area contributed by atoms with Crippen molar-refractivity contribution in [1.82, 2.24) is 9.88 Å². The summed E-state index contributed by atoms with van der Waals surface area (Å²) in [6, 6.07) is 10.2. The predicted octanol–water partition coefficient (Wildman–Crippen LogP) is 3.15. The number of amides is 1. The number of nitrogens with zero attached hydrogens (tertiary/aromatic N) is 2. The summed E-state index contributed by atoms with van der Waals surface area (Å²) in [5.74, 6) is -1.19. The third-order valence-electron chi connectivity index (χ3n) is 2.70. The highest BCUT2D eigenvalue weighted by molar-refractivity contribution is 6.31. The minimum Gasteiger partial charge on any atom is -0.337 e. The summed E-state index contributed by atoms with van der Waals surface area (Å²) in [7, 11) is 1.60. The van der Waals surface area contributed by atoms with Crippen molar-refractivity contribution in [2.45, 2.75) is 6.54 Å². The van der Waals surface area contributed by atoms with E-state index >= 15 is 0 Å². The molecule has 19 heavy (non-hydrogen) atoms. The standard InChI is InChI=1S/C14H12ClFN2O/c1-18(9-10-5-2-3-7-12(10)15)14(19)11-6-4-8-17-13(11)16/h2-8H,9H2,1H3. The van der Waals surface area contributed by atoms with Crippen molar-refractivity contribution in [2.75, 3.05) is 7.05 Å². The van der Waals surface area contributed by atoms with Gasteiger partial charge < -0.3 is 4.90 Å². The highest BCUT2D eigenvalue weighted by atomic mass is 35.5. The van der Waals surface area contributed by atoms with Gasteiger partial charge >= 0.3 is 0 Å². The fourth-order valence-corrected chi connectivity index (χ4v) is 1.90. The molecule has 1 amide bonds. The second-order valence-electron chi connectivity index (χ2n) is 4.09. The van der Waals surface area contributed by atoms with Crippen LogP contribution in [-0.2, 0) is 6.54 Å². The molecule has 1 aromatic heterocycles. The minimum atomic E-state index is -0.765. The van der Waals surface area contributed by atoms with E-state index in [0.29, 0.717) is 11.6 Å². The molecule has 0 atom stereocenters. The predicted molar refractivity (Wildman–Crippen MR) is 71.4 cm³/mol. The van der Waals surface area contributed by atoms with Gasteiger partial charge in [-0.15, -0.1) is 0 Å². The van der Waals surface area contributed by atoms with Crippen LogP contribution >= 0.6 is 11.6 Å². The van der Waals surface area contributed by atoms with E-state index in [4.69, 9.17) is 11.6 Å². The number of hydrogen-bond donors (Lipinski definition) is 0. The molecule has 0 aliphatic heterocycles. The van der Waals surface area contributed by atoms with Gasteiger partial charge in [-0.3, -0.25) is 4.79 Å². The van der Waals surface area contributed by atoms with Gasteiger partial charge in [0.25, 0.3) is 5.91 Å². The smallest absolute Gasteiger partial charge is 0.258 e. The van der Waals surface area contributed by atoms with Crippen LogP contribution in [0.1, 0.15) is 15.9 Å². The first-order valence-electron chi connectivity index (χ1n) is 5.69. The molecule has 0 spiro atoms. The number of halogens is 2. The summed E-state index contributed by atoms with van der Waals surface area (Å²) in [6.45, 7) is 0.312. The lowest BCUT2D eigenvalue weighted by Gasteiger charge is -2.18. The SMILES string of the molecule is CN(Cc1ccccc1Cl)C(=O)c1cccnc1F. The summed E-state index contributed by atoms with van der Waals surface area (Å²) in [5, 5.41) is 0.578. The molecule has 0 aliphatic rings. The van der Waals surface area contributed by atoms with Crippen LogP contribution < -0.4 is 0 Å². The van der Waals surface area contributed by atoms with Crippen LogP contribution in [0.2, 0.25) is 5.02 Å². The van der Waals surface area contributed by atoms with E-state index in [1.807, 2.05) is 18.2 Å². The lowest BCUT2D eigenvalue weighted by molar-refractivity contribution is 0.0779. The second-order valence-corrected chi connectivity index (χ2v) is 4.50. The van der Waals surface area contributed by atoms with Gasteiger partial charge in [-0.1, -0.05) is 29.8 Å². The summed E-state index contributed by atoms with van der Waals surface area (Å²) in [6.07, 6.45) is 1.31. The molecule has 0 fully saturated rings. The van der Waals surface area contributed by atoms with Gasteiger partial charge in [-0.2, -0.15) is 4.39 Å². The fraction of sp³-hybridized carbons (Fsp3) is 0.143. The topological polar surface area (TPSA) is 33.2 Å². The van der Waals surface area contributed by atoms with Crippen LogP contribution in [-0.4, -0.2) is 22.8 Å². The average Bonchev–Trinajstić information content (AvgIpc) is 2.41. The first kappa shape index (κ1) is 13.5. The van der Waals surface area contributed by atoms with E-state index < -0.39 is 11.9 Å². The molecule has 0 aliphatic carbocycles. The van der Waals surface area contributed by atoms with Gasteiger partial charge in [0.05, 0.1) is 5.56 Å². The zero-order valence-electron chi connectivity index (χ0n) is 10.3. The van der Waals surface area contributed by atoms with Crippen LogP contribution in [0.3, 0.4) is 0 Å². The van der Waals surface area contributed by atoms with Crippen molar-refractivity contribution in [2.24, 2.45) is 0 Å². The van der Waals surface area contributed by atoms with Crippen LogP contribution in [0, 0.1) is 5.95 Å². The number of carbonyl (C=O) groups is 1. The van der Waals surface area contributed by atoms with Crippen LogP contribution in [0.15, 0.2) is 42.6 Å². The van der Waals surface area contributed by atoms with E-state index in [1.54, 1.807) is 13.1 Å². The van der Waals surface area contributed by atoms with Gasteiger partial charge in [0.2, 0.25) is 5.95 Å². The molecule has 0 radical (unpaired) electrons. The Balaban J connectivity index is 2.17. The summed E-state index contributed by atoms with van der Waals surface area (Å²) in [5.41, 5.74) is 0.765. The summed E-state index contributed by atoms with van der Waals surface area (Å²) < 4.78 is 13.4. The Labute approximate surface area is 115 Å². The Morgan fingerprint density at radius 3 is 2.74 bits per heavy atom. The van der Waals surface area contributed by atoms with Crippen molar-refractivity contribution in [1.29, 1.82) is 0 Å². The van der Waals surface area contributed by atoms with E-state index in [1.165, 1.54) is 23.2 Å². The van der Waals surface area contributed by atoms with Crippen molar-refractivity contribution in [3.05, 3.63) is 64.7 Å². The molecule has 0 saturated carbocycles. The van der Waals surface area contributed by atoms with Gasteiger partial charge in [-0.05, 0) is 23.8 Å². The maximum Gasteiger partial charge on any atom is 0.258 e. The molecule has 0 unspecified atom stereocenters. The van der Waals surface area contributed by atoms with Crippen molar-refractivity contribution in [3.63, 3.8) is 0 Å². The highest BCUT2D eigenvalue weighted by Gasteiger charge is 2.17. The zero-order chi connectivity index (χ0) is 13.8. The second kappa shape index (κ2) is 5.80. The van der Waals surface area contributed by atoms with E-state index in [0.717, 1.165) is 5.56 Å². The van der Waals surface area contributed by atoms with Crippen molar-refractivity contribution >= 4 is 17.5 Å². The first-order chi connectivity index (χ1) is 9.09. The van der Waals surface area contributed by atoms with Gasteiger partial charge in [-0.25, -0.2) is 4.98 Å². The van der Waals surface area contributed by atoms with Crippen molar-refractivity contribution < 1.29 is 9.18 Å². The number of pyridine rings is 1. The largest absolute Gasteiger partial charge is 0.337 e. The Bertz CT molecular complexity index is 604. The van der Waals surface area contributed by atoms with Gasteiger partial charge in [0, 0.05) is 24.8 Å². The summed E-state index contributed by atoms with van der Waals surface area (Å²) >= 11 is 6.03. The monoisotopic (exact) mass is 278 g/mol. The Morgan fingerprint density at radius 2 is 2.05 bits per heavy atom. The Morgan fingerprint density at radius 1 is 1.32 bits per heavy atom. The normalized spacial score (nSPS) is 10.3. The Kier molecular flexibility index (Phi) is 4.12. The summed E-state index contributed by atoms with van der Waals surface area (Å²) in [4.78, 5) is 17.0. The minimum absolute atomic E-state index is 0.0444. The molecular formula is C14H12ClFN2O. The molecule has 2 aromatic rings. The van der Waals surface area contributed by atoms with Gasteiger partial charge in [0.1, 0.15) is 0 Å². The third-order valence-corrected chi connectivity index (χ3v) is 3.07. The maximum absolute atomic E-state index is 13.4. The number of benzene rings is 1. The molecule has 1 heterocycles. The van der Waals surface area contributed by atoms with E-state index in [-0.39, 0.29) is 5.56 Å². The first-order valence-corrected chi connectivity index (χ1v) is 6.07. The lowest BCUT2D eigenvalue weighted by atomic mass is 10.2. The van der Waals surface area contributed by atoms with Gasteiger partial charge in [0.15, 0.2) is 0 Å². The third kappa shape index (κ3) is 3.09. The molecule has 5 heteroatoms. The average molecular weight is 279 g/mol. The molecular weight excluding hydrogens is 267 g/mol. The van der Waals surface area contributed by atoms with E-state index in [9.17, 15) is 9.18 Å².